The maximum absolute atomic E-state index is 13.0. The fourth-order valence-corrected chi connectivity index (χ4v) is 4.28. The fraction of sp³-hybridized carbons (Fsp3) is 0.440. The third kappa shape index (κ3) is 5.05. The van der Waals surface area contributed by atoms with E-state index in [1.54, 1.807) is 6.07 Å². The summed E-state index contributed by atoms with van der Waals surface area (Å²) in [6.07, 6.45) is 0. The molecule has 0 saturated carbocycles. The molecule has 0 aromatic heterocycles. The van der Waals surface area contributed by atoms with Crippen LogP contribution in [-0.2, 0) is 30.9 Å². The highest BCUT2D eigenvalue weighted by Crippen LogP contribution is 2.44. The first kappa shape index (κ1) is 24.0. The van der Waals surface area contributed by atoms with Gasteiger partial charge in [-0.05, 0) is 29.8 Å². The molecule has 2 aromatic rings. The Kier molecular flexibility index (Phi) is 6.81. The zero-order valence-electron chi connectivity index (χ0n) is 19.7. The van der Waals surface area contributed by atoms with Crippen molar-refractivity contribution in [3.63, 3.8) is 0 Å². The lowest BCUT2D eigenvalue weighted by Crippen LogP contribution is -2.47. The standard InChI is InChI=1S/C25H32O6Si/c1-18(26)29-16-25(17-30-32(5,6)24(2,3)4)20-13-10-14-21(22(20)23(27)31-25)28-15-19-11-8-7-9-12-19/h7-14H,15-17H2,1-6H3/t25-/m1/s1. The Bertz CT molecular complexity index is 980. The van der Waals surface area contributed by atoms with Crippen molar-refractivity contribution in [3.05, 3.63) is 65.2 Å². The number of ether oxygens (including phenoxy) is 3. The van der Waals surface area contributed by atoms with Gasteiger partial charge in [0.05, 0.1) is 6.61 Å². The molecule has 0 N–H and O–H groups in total. The van der Waals surface area contributed by atoms with Gasteiger partial charge in [-0.2, -0.15) is 0 Å². The Morgan fingerprint density at radius 2 is 1.72 bits per heavy atom. The normalized spacial score (nSPS) is 18.1. The molecule has 1 aliphatic rings. The first-order chi connectivity index (χ1) is 15.0. The summed E-state index contributed by atoms with van der Waals surface area (Å²) in [6.45, 7) is 12.3. The molecule has 0 aliphatic carbocycles. The molecule has 0 spiro atoms. The van der Waals surface area contributed by atoms with Gasteiger partial charge in [-0.1, -0.05) is 63.2 Å². The predicted molar refractivity (Wildman–Crippen MR) is 124 cm³/mol. The van der Waals surface area contributed by atoms with E-state index in [2.05, 4.69) is 33.9 Å². The Balaban J connectivity index is 1.93. The number of benzene rings is 2. The molecule has 0 bridgehead atoms. The molecule has 172 valence electrons. The molecule has 0 saturated heterocycles. The third-order valence-electron chi connectivity index (χ3n) is 6.23. The topological polar surface area (TPSA) is 71.1 Å². The lowest BCUT2D eigenvalue weighted by Gasteiger charge is -2.39. The van der Waals surface area contributed by atoms with E-state index in [0.717, 1.165) is 5.56 Å². The molecule has 0 unspecified atom stereocenters. The van der Waals surface area contributed by atoms with E-state index in [1.165, 1.54) is 6.92 Å². The maximum atomic E-state index is 13.0. The van der Waals surface area contributed by atoms with Crippen LogP contribution >= 0.6 is 0 Å². The number of rotatable bonds is 8. The van der Waals surface area contributed by atoms with E-state index >= 15 is 0 Å². The molecule has 0 fully saturated rings. The lowest BCUT2D eigenvalue weighted by molar-refractivity contribution is -0.151. The smallest absolute Gasteiger partial charge is 0.343 e. The lowest BCUT2D eigenvalue weighted by atomic mass is 9.93. The summed E-state index contributed by atoms with van der Waals surface area (Å²) >= 11 is 0. The van der Waals surface area contributed by atoms with Crippen molar-refractivity contribution in [1.82, 2.24) is 0 Å². The first-order valence-electron chi connectivity index (χ1n) is 10.8. The molecule has 7 heteroatoms. The summed E-state index contributed by atoms with van der Waals surface area (Å²) in [5.41, 5.74) is 0.756. The second-order valence-electron chi connectivity index (χ2n) is 9.67. The third-order valence-corrected chi connectivity index (χ3v) is 10.7. The van der Waals surface area contributed by atoms with Gasteiger partial charge in [0.15, 0.2) is 13.9 Å². The quantitative estimate of drug-likeness (QED) is 0.401. The summed E-state index contributed by atoms with van der Waals surface area (Å²) in [7, 11) is -2.15. The van der Waals surface area contributed by atoms with Crippen molar-refractivity contribution in [2.75, 3.05) is 13.2 Å². The summed E-state index contributed by atoms with van der Waals surface area (Å²) in [5, 5.41) is -0.0261. The molecule has 1 aliphatic heterocycles. The van der Waals surface area contributed by atoms with Gasteiger partial charge in [0.1, 0.15) is 24.5 Å². The summed E-state index contributed by atoms with van der Waals surface area (Å²) < 4.78 is 23.6. The van der Waals surface area contributed by atoms with Crippen LogP contribution in [0.4, 0.5) is 0 Å². The van der Waals surface area contributed by atoms with E-state index in [4.69, 9.17) is 18.6 Å². The highest BCUT2D eigenvalue weighted by molar-refractivity contribution is 6.74. The second kappa shape index (κ2) is 9.08. The second-order valence-corrected chi connectivity index (χ2v) is 14.5. The average molecular weight is 457 g/mol. The number of esters is 2. The first-order valence-corrected chi connectivity index (χ1v) is 13.7. The molecule has 0 radical (unpaired) electrons. The van der Waals surface area contributed by atoms with Crippen LogP contribution in [0.5, 0.6) is 5.75 Å². The van der Waals surface area contributed by atoms with Crippen LogP contribution in [-0.4, -0.2) is 33.5 Å². The molecule has 6 nitrogen and oxygen atoms in total. The fourth-order valence-electron chi connectivity index (χ4n) is 3.25. The van der Waals surface area contributed by atoms with Gasteiger partial charge in [0, 0.05) is 12.5 Å². The Morgan fingerprint density at radius 3 is 2.34 bits per heavy atom. The van der Waals surface area contributed by atoms with Crippen molar-refractivity contribution in [2.45, 2.75) is 58.0 Å². The van der Waals surface area contributed by atoms with Crippen molar-refractivity contribution >= 4 is 20.3 Å². The molecule has 1 heterocycles. The van der Waals surface area contributed by atoms with Crippen molar-refractivity contribution in [2.24, 2.45) is 0 Å². The average Bonchev–Trinajstić information content (AvgIpc) is 3.02. The van der Waals surface area contributed by atoms with Crippen LogP contribution in [0.1, 0.15) is 49.2 Å². The van der Waals surface area contributed by atoms with Gasteiger partial charge in [0.25, 0.3) is 0 Å². The number of carbonyl (C=O) groups is 2. The zero-order chi connectivity index (χ0) is 23.6. The monoisotopic (exact) mass is 456 g/mol. The molecule has 1 atom stereocenters. The van der Waals surface area contributed by atoms with E-state index < -0.39 is 25.9 Å². The highest BCUT2D eigenvalue weighted by atomic mass is 28.4. The number of fused-ring (bicyclic) bond motifs is 1. The van der Waals surface area contributed by atoms with Gasteiger partial charge < -0.3 is 18.6 Å². The van der Waals surface area contributed by atoms with Crippen LogP contribution in [0.25, 0.3) is 0 Å². The number of hydrogen-bond acceptors (Lipinski definition) is 6. The van der Waals surface area contributed by atoms with Crippen LogP contribution in [0.15, 0.2) is 48.5 Å². The maximum Gasteiger partial charge on any atom is 0.343 e. The van der Waals surface area contributed by atoms with E-state index in [-0.39, 0.29) is 18.3 Å². The molecule has 3 rings (SSSR count). The van der Waals surface area contributed by atoms with E-state index in [9.17, 15) is 9.59 Å². The van der Waals surface area contributed by atoms with Crippen LogP contribution in [0.3, 0.4) is 0 Å². The van der Waals surface area contributed by atoms with Crippen LogP contribution < -0.4 is 4.74 Å². The minimum atomic E-state index is -2.15. The number of cyclic esters (lactones) is 1. The van der Waals surface area contributed by atoms with Crippen molar-refractivity contribution < 1.29 is 28.2 Å². The van der Waals surface area contributed by atoms with Crippen molar-refractivity contribution in [3.8, 4) is 5.75 Å². The number of carbonyl (C=O) groups excluding carboxylic acids is 2. The van der Waals surface area contributed by atoms with Gasteiger partial charge in [-0.25, -0.2) is 4.79 Å². The van der Waals surface area contributed by atoms with Gasteiger partial charge in [0.2, 0.25) is 0 Å². The van der Waals surface area contributed by atoms with Crippen molar-refractivity contribution in [1.29, 1.82) is 0 Å². The summed E-state index contributed by atoms with van der Waals surface area (Å²) in [6, 6.07) is 15.1. The largest absolute Gasteiger partial charge is 0.488 e. The Morgan fingerprint density at radius 1 is 1.03 bits per heavy atom. The van der Waals surface area contributed by atoms with Gasteiger partial charge in [-0.15, -0.1) is 0 Å². The molecule has 32 heavy (non-hydrogen) atoms. The summed E-state index contributed by atoms with van der Waals surface area (Å²) in [5.74, 6) is -0.513. The molecular formula is C25H32O6Si. The summed E-state index contributed by atoms with van der Waals surface area (Å²) in [4.78, 5) is 24.6. The van der Waals surface area contributed by atoms with E-state index in [0.29, 0.717) is 23.5 Å². The SMILES string of the molecule is CC(=O)OC[C@]1(CO[Si](C)(C)C(C)(C)C)OC(=O)c2c(OCc3ccccc3)cccc21. The van der Waals surface area contributed by atoms with Gasteiger partial charge in [-0.3, -0.25) is 4.79 Å². The minimum Gasteiger partial charge on any atom is -0.488 e. The Labute approximate surface area is 191 Å². The van der Waals surface area contributed by atoms with Crippen LogP contribution in [0.2, 0.25) is 18.1 Å². The highest BCUT2D eigenvalue weighted by Gasteiger charge is 2.50. The van der Waals surface area contributed by atoms with E-state index in [1.807, 2.05) is 42.5 Å². The minimum absolute atomic E-state index is 0.0261. The Hall–Kier alpha value is -2.64. The molecule has 0 amide bonds. The predicted octanol–water partition coefficient (Wildman–Crippen LogP) is 5.22. The number of hydrogen-bond donors (Lipinski definition) is 0. The molecule has 2 aromatic carbocycles. The van der Waals surface area contributed by atoms with Crippen LogP contribution in [0, 0.1) is 0 Å². The molecular weight excluding hydrogens is 424 g/mol. The van der Waals surface area contributed by atoms with Gasteiger partial charge >= 0.3 is 11.9 Å². The zero-order valence-corrected chi connectivity index (χ0v) is 20.7.